The van der Waals surface area contributed by atoms with E-state index in [2.05, 4.69) is 15.9 Å². The molecule has 1 rings (SSSR count). The van der Waals surface area contributed by atoms with Crippen molar-refractivity contribution in [1.29, 1.82) is 0 Å². The Bertz CT molecular complexity index is 366. The van der Waals surface area contributed by atoms with Crippen LogP contribution in [0.15, 0.2) is 22.7 Å². The van der Waals surface area contributed by atoms with Gasteiger partial charge in [0.05, 0.1) is 4.47 Å². The molecule has 76 valence electrons. The molecule has 0 amide bonds. The van der Waals surface area contributed by atoms with Crippen LogP contribution in [0.2, 0.25) is 0 Å². The number of carbonyl (C=O) groups excluding carboxylic acids is 1. The van der Waals surface area contributed by atoms with Gasteiger partial charge in [0.15, 0.2) is 5.78 Å². The van der Waals surface area contributed by atoms with E-state index in [4.69, 9.17) is 0 Å². The number of hydrogen-bond donors (Lipinski definition) is 0. The molecule has 0 saturated heterocycles. The summed E-state index contributed by atoms with van der Waals surface area (Å²) in [6, 6.07) is 4.49. The maximum atomic E-state index is 13.1. The first kappa shape index (κ1) is 11.4. The van der Waals surface area contributed by atoms with Crippen LogP contribution < -0.4 is 0 Å². The molecule has 14 heavy (non-hydrogen) atoms. The molecule has 1 nitrogen and oxygen atoms in total. The summed E-state index contributed by atoms with van der Waals surface area (Å²) in [6.07, 6.45) is 0. The number of ketones is 1. The summed E-state index contributed by atoms with van der Waals surface area (Å²) in [4.78, 5) is 11.8. The lowest BCUT2D eigenvalue weighted by molar-refractivity contribution is 0.0857. The van der Waals surface area contributed by atoms with E-state index in [1.54, 1.807) is 12.1 Å². The quantitative estimate of drug-likeness (QED) is 0.701. The summed E-state index contributed by atoms with van der Waals surface area (Å²) in [5.41, 5.74) is -0.0893. The van der Waals surface area contributed by atoms with Crippen LogP contribution in [0.25, 0.3) is 0 Å². The molecule has 0 saturated carbocycles. The molecule has 0 fully saturated rings. The van der Waals surface area contributed by atoms with Gasteiger partial charge in [0.2, 0.25) is 0 Å². The predicted octanol–water partition coefficient (Wildman–Crippen LogP) is 3.82. The fourth-order valence-electron chi connectivity index (χ4n) is 1.08. The first-order valence-corrected chi connectivity index (χ1v) is 5.12. The highest BCUT2D eigenvalue weighted by Crippen LogP contribution is 2.27. The highest BCUT2D eigenvalue weighted by Gasteiger charge is 2.25. The molecule has 0 heterocycles. The second-order valence-electron chi connectivity index (χ2n) is 4.18. The van der Waals surface area contributed by atoms with E-state index in [9.17, 15) is 9.18 Å². The number of carbonyl (C=O) groups is 1. The van der Waals surface area contributed by atoms with Crippen molar-refractivity contribution < 1.29 is 9.18 Å². The average molecular weight is 259 g/mol. The van der Waals surface area contributed by atoms with E-state index in [1.807, 2.05) is 20.8 Å². The van der Waals surface area contributed by atoms with Crippen LogP contribution in [0.4, 0.5) is 4.39 Å². The minimum absolute atomic E-state index is 0.0659. The Morgan fingerprint density at radius 3 is 2.43 bits per heavy atom. The van der Waals surface area contributed by atoms with Gasteiger partial charge in [-0.05, 0) is 22.0 Å². The number of Topliss-reactive ketones (excluding diaryl/α,β-unsaturated/α-hetero) is 1. The maximum Gasteiger partial charge on any atom is 0.169 e. The van der Waals surface area contributed by atoms with Crippen molar-refractivity contribution in [3.8, 4) is 0 Å². The van der Waals surface area contributed by atoms with Crippen molar-refractivity contribution in [3.63, 3.8) is 0 Å². The largest absolute Gasteiger partial charge is 0.294 e. The zero-order valence-electron chi connectivity index (χ0n) is 8.40. The Balaban J connectivity index is 3.21. The molecule has 3 heteroatoms. The Labute approximate surface area is 91.5 Å². The third kappa shape index (κ3) is 2.21. The highest BCUT2D eigenvalue weighted by atomic mass is 79.9. The van der Waals surface area contributed by atoms with Crippen LogP contribution in [-0.2, 0) is 0 Å². The van der Waals surface area contributed by atoms with Gasteiger partial charge in [-0.1, -0.05) is 32.9 Å². The van der Waals surface area contributed by atoms with Crippen molar-refractivity contribution in [2.45, 2.75) is 20.8 Å². The predicted molar refractivity (Wildman–Crippen MR) is 57.9 cm³/mol. The van der Waals surface area contributed by atoms with Crippen LogP contribution in [0, 0.1) is 11.2 Å². The third-order valence-electron chi connectivity index (χ3n) is 1.88. The molecule has 0 unspecified atom stereocenters. The SMILES string of the molecule is CC(C)(C)C(=O)c1cccc(F)c1Br. The Morgan fingerprint density at radius 2 is 1.93 bits per heavy atom. The smallest absolute Gasteiger partial charge is 0.169 e. The maximum absolute atomic E-state index is 13.1. The standard InChI is InChI=1S/C11H12BrFO/c1-11(2,3)10(14)7-5-4-6-8(13)9(7)12/h4-6H,1-3H3. The van der Waals surface area contributed by atoms with Gasteiger partial charge in [-0.15, -0.1) is 0 Å². The van der Waals surface area contributed by atoms with Gasteiger partial charge >= 0.3 is 0 Å². The Morgan fingerprint density at radius 1 is 1.36 bits per heavy atom. The minimum atomic E-state index is -0.490. The molecule has 0 aliphatic rings. The third-order valence-corrected chi connectivity index (χ3v) is 2.68. The molecule has 0 aliphatic carbocycles. The number of rotatable bonds is 1. The highest BCUT2D eigenvalue weighted by molar-refractivity contribution is 9.10. The second-order valence-corrected chi connectivity index (χ2v) is 4.97. The van der Waals surface area contributed by atoms with Crippen molar-refractivity contribution in [3.05, 3.63) is 34.1 Å². The summed E-state index contributed by atoms with van der Waals surface area (Å²) < 4.78 is 13.4. The molecule has 1 aromatic rings. The van der Waals surface area contributed by atoms with E-state index in [-0.39, 0.29) is 10.3 Å². The first-order chi connectivity index (χ1) is 6.34. The number of benzene rings is 1. The summed E-state index contributed by atoms with van der Waals surface area (Å²) in [5, 5.41) is 0. The monoisotopic (exact) mass is 258 g/mol. The van der Waals surface area contributed by atoms with Gasteiger partial charge in [0.1, 0.15) is 5.82 Å². The normalized spacial score (nSPS) is 11.5. The van der Waals surface area contributed by atoms with E-state index in [0.29, 0.717) is 5.56 Å². The van der Waals surface area contributed by atoms with Crippen LogP contribution in [-0.4, -0.2) is 5.78 Å². The van der Waals surface area contributed by atoms with E-state index < -0.39 is 11.2 Å². The molecule has 0 atom stereocenters. The first-order valence-electron chi connectivity index (χ1n) is 4.33. The van der Waals surface area contributed by atoms with Crippen LogP contribution >= 0.6 is 15.9 Å². The van der Waals surface area contributed by atoms with Gasteiger partial charge < -0.3 is 0 Å². The fourth-order valence-corrected chi connectivity index (χ4v) is 1.53. The summed E-state index contributed by atoms with van der Waals surface area (Å²) in [5.74, 6) is -0.469. The molecule has 0 spiro atoms. The lowest BCUT2D eigenvalue weighted by atomic mass is 9.86. The number of halogens is 2. The van der Waals surface area contributed by atoms with Crippen molar-refractivity contribution in [2.24, 2.45) is 5.41 Å². The lowest BCUT2D eigenvalue weighted by Gasteiger charge is -2.17. The molecule has 0 aromatic heterocycles. The molecule has 1 aromatic carbocycles. The van der Waals surface area contributed by atoms with Crippen LogP contribution in [0.1, 0.15) is 31.1 Å². The van der Waals surface area contributed by atoms with Crippen LogP contribution in [0.3, 0.4) is 0 Å². The topological polar surface area (TPSA) is 17.1 Å². The van der Waals surface area contributed by atoms with E-state index in [1.165, 1.54) is 6.07 Å². The zero-order valence-corrected chi connectivity index (χ0v) is 9.98. The van der Waals surface area contributed by atoms with Gasteiger partial charge in [0, 0.05) is 11.0 Å². The van der Waals surface area contributed by atoms with Gasteiger partial charge in [-0.25, -0.2) is 4.39 Å². The molecule has 0 aliphatic heterocycles. The minimum Gasteiger partial charge on any atom is -0.294 e. The lowest BCUT2D eigenvalue weighted by Crippen LogP contribution is -2.20. The summed E-state index contributed by atoms with van der Waals surface area (Å²) in [7, 11) is 0. The molecule has 0 bridgehead atoms. The average Bonchev–Trinajstić information content (AvgIpc) is 2.07. The van der Waals surface area contributed by atoms with Crippen molar-refractivity contribution in [2.75, 3.05) is 0 Å². The van der Waals surface area contributed by atoms with Gasteiger partial charge in [-0.2, -0.15) is 0 Å². The second kappa shape index (κ2) is 3.81. The van der Waals surface area contributed by atoms with Gasteiger partial charge in [-0.3, -0.25) is 4.79 Å². The van der Waals surface area contributed by atoms with Crippen molar-refractivity contribution in [1.82, 2.24) is 0 Å². The van der Waals surface area contributed by atoms with E-state index >= 15 is 0 Å². The summed E-state index contributed by atoms with van der Waals surface area (Å²) in [6.45, 7) is 5.44. The van der Waals surface area contributed by atoms with E-state index in [0.717, 1.165) is 0 Å². The summed E-state index contributed by atoms with van der Waals surface area (Å²) >= 11 is 3.08. The number of hydrogen-bond acceptors (Lipinski definition) is 1. The fraction of sp³-hybridized carbons (Fsp3) is 0.364. The Hall–Kier alpha value is -0.700. The zero-order chi connectivity index (χ0) is 10.9. The van der Waals surface area contributed by atoms with Crippen molar-refractivity contribution >= 4 is 21.7 Å². The Kier molecular flexibility index (Phi) is 3.10. The molecule has 0 N–H and O–H groups in total. The molecular formula is C11H12BrFO. The molecular weight excluding hydrogens is 247 g/mol. The van der Waals surface area contributed by atoms with Gasteiger partial charge in [0.25, 0.3) is 0 Å². The molecule has 0 radical (unpaired) electrons. The van der Waals surface area contributed by atoms with Crippen LogP contribution in [0.5, 0.6) is 0 Å².